The molecule has 1 saturated heterocycles. The van der Waals surface area contributed by atoms with E-state index in [1.54, 1.807) is 25.3 Å². The number of hydrogen-bond acceptors (Lipinski definition) is 6. The molecular formula is C21H26F2N4O3. The number of para-hydroxylation sites is 2. The number of aromatic nitrogens is 1. The predicted molar refractivity (Wildman–Crippen MR) is 110 cm³/mol. The molecule has 0 unspecified atom stereocenters. The van der Waals surface area contributed by atoms with E-state index in [4.69, 9.17) is 4.74 Å². The first-order valence-corrected chi connectivity index (χ1v) is 9.73. The highest BCUT2D eigenvalue weighted by molar-refractivity contribution is 5.95. The van der Waals surface area contributed by atoms with Gasteiger partial charge in [0.15, 0.2) is 11.6 Å². The van der Waals surface area contributed by atoms with Gasteiger partial charge in [-0.3, -0.25) is 9.69 Å². The Morgan fingerprint density at radius 1 is 1.23 bits per heavy atom. The Morgan fingerprint density at radius 2 is 1.97 bits per heavy atom. The fourth-order valence-electron chi connectivity index (χ4n) is 3.36. The molecule has 30 heavy (non-hydrogen) atoms. The van der Waals surface area contributed by atoms with Crippen molar-refractivity contribution in [2.45, 2.75) is 32.1 Å². The van der Waals surface area contributed by atoms with Crippen molar-refractivity contribution >= 4 is 17.4 Å². The zero-order valence-corrected chi connectivity index (χ0v) is 17.2. The molecule has 1 aliphatic heterocycles. The number of amides is 1. The van der Waals surface area contributed by atoms with Gasteiger partial charge >= 0.3 is 6.61 Å². The number of alkyl halides is 2. The fourth-order valence-corrected chi connectivity index (χ4v) is 3.36. The number of anilines is 2. The summed E-state index contributed by atoms with van der Waals surface area (Å²) in [6.45, 7) is 0.0812. The standard InChI is InChI=1S/C21H26F2N4O3/c1-14(20(28)25-16-7-4-5-8-17(16)30-21(22)23)27-12-10-15(13-27)29-18-9-6-11-24-19(18)26(2)3/h4-9,11,14-15,21H,10,12-13H2,1-3H3,(H,25,28)/t14-,15+/m0/s1. The van der Waals surface area contributed by atoms with E-state index < -0.39 is 12.7 Å². The van der Waals surface area contributed by atoms with Crippen LogP contribution in [0.3, 0.4) is 0 Å². The van der Waals surface area contributed by atoms with Gasteiger partial charge in [-0.1, -0.05) is 12.1 Å². The molecule has 1 aromatic heterocycles. The van der Waals surface area contributed by atoms with Crippen LogP contribution in [0.4, 0.5) is 20.3 Å². The highest BCUT2D eigenvalue weighted by Crippen LogP contribution is 2.28. The molecule has 1 aliphatic rings. The van der Waals surface area contributed by atoms with Gasteiger partial charge in [0.2, 0.25) is 5.91 Å². The van der Waals surface area contributed by atoms with Crippen molar-refractivity contribution in [3.8, 4) is 11.5 Å². The number of pyridine rings is 1. The second-order valence-corrected chi connectivity index (χ2v) is 7.28. The quantitative estimate of drug-likeness (QED) is 0.707. The number of nitrogens with one attached hydrogen (secondary N) is 1. The average Bonchev–Trinajstić information content (AvgIpc) is 3.17. The molecule has 0 radical (unpaired) electrons. The smallest absolute Gasteiger partial charge is 0.387 e. The maximum atomic E-state index is 12.7. The summed E-state index contributed by atoms with van der Waals surface area (Å²) in [5.74, 6) is 1.08. The van der Waals surface area contributed by atoms with Crippen LogP contribution in [-0.2, 0) is 4.79 Å². The van der Waals surface area contributed by atoms with E-state index in [2.05, 4.69) is 15.0 Å². The largest absolute Gasteiger partial charge is 0.485 e. The molecule has 1 aromatic carbocycles. The summed E-state index contributed by atoms with van der Waals surface area (Å²) in [6.07, 6.45) is 2.41. The number of benzene rings is 1. The Hall–Kier alpha value is -2.94. The molecule has 7 nitrogen and oxygen atoms in total. The topological polar surface area (TPSA) is 66.9 Å². The number of rotatable bonds is 8. The van der Waals surface area contributed by atoms with E-state index in [0.717, 1.165) is 12.2 Å². The second-order valence-electron chi connectivity index (χ2n) is 7.28. The van der Waals surface area contributed by atoms with Crippen LogP contribution < -0.4 is 19.7 Å². The fraction of sp³-hybridized carbons (Fsp3) is 0.429. The van der Waals surface area contributed by atoms with Gasteiger partial charge in [-0.25, -0.2) is 4.98 Å². The van der Waals surface area contributed by atoms with E-state index in [9.17, 15) is 13.6 Å². The zero-order chi connectivity index (χ0) is 21.7. The van der Waals surface area contributed by atoms with Crippen molar-refractivity contribution in [3.05, 3.63) is 42.6 Å². The zero-order valence-electron chi connectivity index (χ0n) is 17.2. The maximum absolute atomic E-state index is 12.7. The summed E-state index contributed by atoms with van der Waals surface area (Å²) in [4.78, 5) is 20.9. The van der Waals surface area contributed by atoms with Gasteiger partial charge in [0, 0.05) is 33.4 Å². The molecule has 2 heterocycles. The lowest BCUT2D eigenvalue weighted by atomic mass is 10.2. The lowest BCUT2D eigenvalue weighted by Gasteiger charge is -2.24. The van der Waals surface area contributed by atoms with Gasteiger partial charge in [0.1, 0.15) is 11.9 Å². The SMILES string of the molecule is C[C@@H](C(=O)Nc1ccccc1OC(F)F)N1CC[C@@H](Oc2cccnc2N(C)C)C1. The number of nitrogens with zero attached hydrogens (tertiary/aromatic N) is 3. The summed E-state index contributed by atoms with van der Waals surface area (Å²) >= 11 is 0. The van der Waals surface area contributed by atoms with Crippen molar-refractivity contribution in [1.29, 1.82) is 0 Å². The molecular weight excluding hydrogens is 394 g/mol. The third-order valence-corrected chi connectivity index (χ3v) is 4.93. The molecule has 1 fully saturated rings. The monoisotopic (exact) mass is 420 g/mol. The molecule has 162 valence electrons. The summed E-state index contributed by atoms with van der Waals surface area (Å²) in [7, 11) is 3.80. The van der Waals surface area contributed by atoms with E-state index in [1.165, 1.54) is 12.1 Å². The van der Waals surface area contributed by atoms with Crippen molar-refractivity contribution in [2.75, 3.05) is 37.4 Å². The van der Waals surface area contributed by atoms with E-state index >= 15 is 0 Å². The Balaban J connectivity index is 1.60. The maximum Gasteiger partial charge on any atom is 0.387 e. The van der Waals surface area contributed by atoms with E-state index in [0.29, 0.717) is 18.8 Å². The summed E-state index contributed by atoms with van der Waals surface area (Å²) in [5.41, 5.74) is 0.215. The Labute approximate surface area is 174 Å². The minimum Gasteiger partial charge on any atom is -0.485 e. The molecule has 0 spiro atoms. The summed E-state index contributed by atoms with van der Waals surface area (Å²) < 4.78 is 35.8. The van der Waals surface area contributed by atoms with E-state index in [-0.39, 0.29) is 23.4 Å². The van der Waals surface area contributed by atoms with Crippen molar-refractivity contribution in [3.63, 3.8) is 0 Å². The number of carbonyl (C=O) groups excluding carboxylic acids is 1. The van der Waals surface area contributed by atoms with Gasteiger partial charge < -0.3 is 19.7 Å². The van der Waals surface area contributed by atoms with Crippen molar-refractivity contribution in [2.24, 2.45) is 0 Å². The Morgan fingerprint density at radius 3 is 2.70 bits per heavy atom. The Kier molecular flexibility index (Phi) is 7.04. The first kappa shape index (κ1) is 21.8. The first-order chi connectivity index (χ1) is 14.3. The highest BCUT2D eigenvalue weighted by Gasteiger charge is 2.31. The van der Waals surface area contributed by atoms with Crippen LogP contribution in [-0.4, -0.2) is 61.7 Å². The Bertz CT molecular complexity index is 866. The lowest BCUT2D eigenvalue weighted by molar-refractivity contribution is -0.120. The van der Waals surface area contributed by atoms with Crippen LogP contribution in [0.5, 0.6) is 11.5 Å². The summed E-state index contributed by atoms with van der Waals surface area (Å²) in [5, 5.41) is 2.68. The average molecular weight is 420 g/mol. The number of carbonyl (C=O) groups is 1. The van der Waals surface area contributed by atoms with Crippen molar-refractivity contribution in [1.82, 2.24) is 9.88 Å². The van der Waals surface area contributed by atoms with Crippen LogP contribution in [0.15, 0.2) is 42.6 Å². The van der Waals surface area contributed by atoms with Crippen LogP contribution in [0.25, 0.3) is 0 Å². The number of halogens is 2. The molecule has 3 rings (SSSR count). The van der Waals surface area contributed by atoms with Crippen LogP contribution in [0.1, 0.15) is 13.3 Å². The number of ether oxygens (including phenoxy) is 2. The van der Waals surface area contributed by atoms with Gasteiger partial charge in [0.05, 0.1) is 11.7 Å². The highest BCUT2D eigenvalue weighted by atomic mass is 19.3. The minimum atomic E-state index is -2.96. The van der Waals surface area contributed by atoms with Crippen molar-refractivity contribution < 1.29 is 23.0 Å². The first-order valence-electron chi connectivity index (χ1n) is 9.73. The molecule has 1 amide bonds. The molecule has 2 atom stereocenters. The molecule has 0 saturated carbocycles. The lowest BCUT2D eigenvalue weighted by Crippen LogP contribution is -2.41. The molecule has 1 N–H and O–H groups in total. The van der Waals surface area contributed by atoms with Crippen LogP contribution in [0.2, 0.25) is 0 Å². The third-order valence-electron chi connectivity index (χ3n) is 4.93. The van der Waals surface area contributed by atoms with Gasteiger partial charge in [-0.2, -0.15) is 8.78 Å². The van der Waals surface area contributed by atoms with Crippen LogP contribution in [0, 0.1) is 0 Å². The van der Waals surface area contributed by atoms with Gasteiger partial charge in [-0.05, 0) is 37.6 Å². The van der Waals surface area contributed by atoms with E-state index in [1.807, 2.05) is 36.0 Å². The second kappa shape index (κ2) is 9.71. The molecule has 0 bridgehead atoms. The number of likely N-dealkylation sites (tertiary alicyclic amines) is 1. The summed E-state index contributed by atoms with van der Waals surface area (Å²) in [6, 6.07) is 9.38. The predicted octanol–water partition coefficient (Wildman–Crippen LogP) is 3.23. The minimum absolute atomic E-state index is 0.0662. The van der Waals surface area contributed by atoms with Gasteiger partial charge in [-0.15, -0.1) is 0 Å². The molecule has 0 aliphatic carbocycles. The number of hydrogen-bond donors (Lipinski definition) is 1. The van der Waals surface area contributed by atoms with Gasteiger partial charge in [0.25, 0.3) is 0 Å². The molecule has 2 aromatic rings. The normalized spacial score (nSPS) is 17.6. The third kappa shape index (κ3) is 5.35. The molecule has 9 heteroatoms. The van der Waals surface area contributed by atoms with Crippen LogP contribution >= 0.6 is 0 Å².